The lowest BCUT2D eigenvalue weighted by molar-refractivity contribution is -0.385. The van der Waals surface area contributed by atoms with Crippen LogP contribution in [0.15, 0.2) is 35.5 Å². The number of imidazole rings is 1. The van der Waals surface area contributed by atoms with Gasteiger partial charge in [-0.2, -0.15) is 4.31 Å². The van der Waals surface area contributed by atoms with E-state index in [0.29, 0.717) is 18.8 Å². The molecule has 2 heterocycles. The van der Waals surface area contributed by atoms with E-state index in [9.17, 15) is 23.3 Å². The topological polar surface area (TPSA) is 119 Å². The van der Waals surface area contributed by atoms with Gasteiger partial charge in [0.05, 0.1) is 4.92 Å². The van der Waals surface area contributed by atoms with Crippen LogP contribution in [0.25, 0.3) is 0 Å². The van der Waals surface area contributed by atoms with E-state index < -0.39 is 20.9 Å². The molecule has 10 nitrogen and oxygen atoms in total. The molecule has 0 bridgehead atoms. The number of para-hydroxylation sites is 1. The maximum absolute atomic E-state index is 12.9. The Hall–Kier alpha value is -2.79. The predicted molar refractivity (Wildman–Crippen MR) is 100 cm³/mol. The molecule has 2 aromatic rings. The number of sulfonamides is 1. The molecule has 1 aromatic carbocycles. The number of carbonyl (C=O) groups excluding carboxylic acids is 1. The number of rotatable bonds is 4. The molecule has 1 aliphatic rings. The van der Waals surface area contributed by atoms with Crippen molar-refractivity contribution in [3.63, 3.8) is 0 Å². The van der Waals surface area contributed by atoms with Gasteiger partial charge >= 0.3 is 0 Å². The molecule has 11 heteroatoms. The van der Waals surface area contributed by atoms with Crippen LogP contribution in [0.1, 0.15) is 22.6 Å². The zero-order valence-electron chi connectivity index (χ0n) is 15.6. The van der Waals surface area contributed by atoms with E-state index in [-0.39, 0.29) is 35.9 Å². The first-order chi connectivity index (χ1) is 13.2. The van der Waals surface area contributed by atoms with Crippen LogP contribution in [-0.4, -0.2) is 64.2 Å². The second kappa shape index (κ2) is 7.68. The van der Waals surface area contributed by atoms with Crippen LogP contribution in [0, 0.1) is 17.0 Å². The fraction of sp³-hybridized carbons (Fsp3) is 0.412. The summed E-state index contributed by atoms with van der Waals surface area (Å²) in [5, 5.41) is 11.2. The summed E-state index contributed by atoms with van der Waals surface area (Å²) in [6.45, 7) is 2.53. The van der Waals surface area contributed by atoms with Gasteiger partial charge in [0.2, 0.25) is 0 Å². The highest BCUT2D eigenvalue weighted by Gasteiger charge is 2.31. The molecule has 0 N–H and O–H groups in total. The zero-order valence-corrected chi connectivity index (χ0v) is 16.4. The molecule has 1 saturated heterocycles. The minimum Gasteiger partial charge on any atom is -0.337 e. The Kier molecular flexibility index (Phi) is 5.47. The first-order valence-corrected chi connectivity index (χ1v) is 10.2. The molecular weight excluding hydrogens is 386 g/mol. The van der Waals surface area contributed by atoms with E-state index in [0.717, 1.165) is 0 Å². The van der Waals surface area contributed by atoms with E-state index in [1.807, 2.05) is 0 Å². The molecule has 1 aliphatic heterocycles. The molecule has 1 fully saturated rings. The second-order valence-electron chi connectivity index (χ2n) is 6.56. The Labute approximate surface area is 162 Å². The van der Waals surface area contributed by atoms with Crippen molar-refractivity contribution in [1.29, 1.82) is 0 Å². The van der Waals surface area contributed by atoms with Crippen molar-refractivity contribution in [3.8, 4) is 0 Å². The molecule has 150 valence electrons. The number of hydrogen-bond donors (Lipinski definition) is 0. The van der Waals surface area contributed by atoms with Gasteiger partial charge in [-0.1, -0.05) is 12.1 Å². The van der Waals surface area contributed by atoms with Gasteiger partial charge in [0, 0.05) is 45.5 Å². The Morgan fingerprint density at radius 3 is 2.54 bits per heavy atom. The number of nitrogens with zero attached hydrogens (tertiary/aromatic N) is 5. The number of benzene rings is 1. The van der Waals surface area contributed by atoms with Gasteiger partial charge in [0.25, 0.3) is 21.6 Å². The third kappa shape index (κ3) is 3.76. The fourth-order valence-electron chi connectivity index (χ4n) is 3.10. The lowest BCUT2D eigenvalue weighted by Crippen LogP contribution is -2.37. The van der Waals surface area contributed by atoms with Crippen LogP contribution in [0.4, 0.5) is 5.69 Å². The molecule has 0 aliphatic carbocycles. The quantitative estimate of drug-likeness (QED) is 0.554. The van der Waals surface area contributed by atoms with Crippen molar-refractivity contribution >= 4 is 21.6 Å². The maximum Gasteiger partial charge on any atom is 0.282 e. The molecule has 0 radical (unpaired) electrons. The Balaban J connectivity index is 1.78. The van der Waals surface area contributed by atoms with Crippen LogP contribution >= 0.6 is 0 Å². The Morgan fingerprint density at radius 1 is 1.18 bits per heavy atom. The average Bonchev–Trinajstić information content (AvgIpc) is 2.87. The largest absolute Gasteiger partial charge is 0.337 e. The standard InChI is InChI=1S/C17H21N5O5S/c1-13-18-16(12-19(13)2)28(26,27)21-9-5-8-20(10-11-21)17(23)14-6-3-4-7-15(14)22(24)25/h3-4,6-7,12H,5,8-11H2,1-2H3. The van der Waals surface area contributed by atoms with Crippen molar-refractivity contribution in [2.45, 2.75) is 18.4 Å². The molecule has 3 rings (SSSR count). The van der Waals surface area contributed by atoms with Crippen LogP contribution in [-0.2, 0) is 17.1 Å². The van der Waals surface area contributed by atoms with Gasteiger partial charge in [-0.25, -0.2) is 13.4 Å². The molecule has 0 unspecified atom stereocenters. The number of hydrogen-bond acceptors (Lipinski definition) is 6. The molecule has 1 aromatic heterocycles. The number of amides is 1. The van der Waals surface area contributed by atoms with Gasteiger partial charge in [-0.15, -0.1) is 0 Å². The first-order valence-electron chi connectivity index (χ1n) is 8.74. The smallest absolute Gasteiger partial charge is 0.282 e. The average molecular weight is 407 g/mol. The van der Waals surface area contributed by atoms with Crippen molar-refractivity contribution < 1.29 is 18.1 Å². The Morgan fingerprint density at radius 2 is 1.89 bits per heavy atom. The van der Waals surface area contributed by atoms with Crippen LogP contribution in [0.5, 0.6) is 0 Å². The van der Waals surface area contributed by atoms with E-state index in [1.165, 1.54) is 33.6 Å². The number of nitro groups is 1. The van der Waals surface area contributed by atoms with E-state index >= 15 is 0 Å². The minimum atomic E-state index is -3.77. The van der Waals surface area contributed by atoms with Gasteiger partial charge in [-0.05, 0) is 19.4 Å². The lowest BCUT2D eigenvalue weighted by Gasteiger charge is -2.21. The molecular formula is C17H21N5O5S. The summed E-state index contributed by atoms with van der Waals surface area (Å²) >= 11 is 0. The summed E-state index contributed by atoms with van der Waals surface area (Å²) in [4.78, 5) is 28.9. The number of carbonyl (C=O) groups is 1. The summed E-state index contributed by atoms with van der Waals surface area (Å²) in [5.41, 5.74) is -0.255. The lowest BCUT2D eigenvalue weighted by atomic mass is 10.1. The van der Waals surface area contributed by atoms with E-state index in [1.54, 1.807) is 24.6 Å². The van der Waals surface area contributed by atoms with Gasteiger partial charge in [0.15, 0.2) is 5.03 Å². The highest BCUT2D eigenvalue weighted by Crippen LogP contribution is 2.22. The highest BCUT2D eigenvalue weighted by molar-refractivity contribution is 7.89. The number of aryl methyl sites for hydroxylation is 2. The van der Waals surface area contributed by atoms with Crippen molar-refractivity contribution in [3.05, 3.63) is 52.0 Å². The molecule has 0 atom stereocenters. The van der Waals surface area contributed by atoms with Crippen LogP contribution in [0.3, 0.4) is 0 Å². The van der Waals surface area contributed by atoms with Gasteiger partial charge in [-0.3, -0.25) is 14.9 Å². The zero-order chi connectivity index (χ0) is 20.5. The van der Waals surface area contributed by atoms with Crippen LogP contribution < -0.4 is 0 Å². The van der Waals surface area contributed by atoms with Crippen molar-refractivity contribution in [1.82, 2.24) is 18.8 Å². The monoisotopic (exact) mass is 407 g/mol. The van der Waals surface area contributed by atoms with Gasteiger partial charge < -0.3 is 9.47 Å². The third-order valence-corrected chi connectivity index (χ3v) is 6.53. The summed E-state index contributed by atoms with van der Waals surface area (Å²) < 4.78 is 28.6. The minimum absolute atomic E-state index is 0.00385. The molecule has 1 amide bonds. The predicted octanol–water partition coefficient (Wildman–Crippen LogP) is 1.17. The Bertz CT molecular complexity index is 997. The maximum atomic E-state index is 12.9. The highest BCUT2D eigenvalue weighted by atomic mass is 32.2. The molecule has 0 saturated carbocycles. The number of nitro benzene ring substituents is 1. The normalized spacial score (nSPS) is 16.0. The molecule has 28 heavy (non-hydrogen) atoms. The van der Waals surface area contributed by atoms with Crippen molar-refractivity contribution in [2.75, 3.05) is 26.2 Å². The summed E-state index contributed by atoms with van der Waals surface area (Å²) in [5.74, 6) is 0.113. The summed E-state index contributed by atoms with van der Waals surface area (Å²) in [6, 6.07) is 5.76. The fourth-order valence-corrected chi connectivity index (χ4v) is 4.60. The van der Waals surface area contributed by atoms with Crippen LogP contribution in [0.2, 0.25) is 0 Å². The second-order valence-corrected chi connectivity index (χ2v) is 8.45. The van der Waals surface area contributed by atoms with E-state index in [4.69, 9.17) is 0 Å². The van der Waals surface area contributed by atoms with Gasteiger partial charge in [0.1, 0.15) is 11.4 Å². The van der Waals surface area contributed by atoms with E-state index in [2.05, 4.69) is 4.98 Å². The summed E-state index contributed by atoms with van der Waals surface area (Å²) in [7, 11) is -2.05. The number of aromatic nitrogens is 2. The SMILES string of the molecule is Cc1nc(S(=O)(=O)N2CCCN(C(=O)c3ccccc3[N+](=O)[O-])CC2)cn1C. The third-order valence-electron chi connectivity index (χ3n) is 4.76. The molecule has 0 spiro atoms. The van der Waals surface area contributed by atoms with Crippen molar-refractivity contribution in [2.24, 2.45) is 7.05 Å². The first kappa shape index (κ1) is 20.0. The summed E-state index contributed by atoms with van der Waals surface area (Å²) in [6.07, 6.45) is 1.89.